The van der Waals surface area contributed by atoms with Gasteiger partial charge in [-0.15, -0.1) is 0 Å². The monoisotopic (exact) mass is 352 g/mol. The quantitative estimate of drug-likeness (QED) is 0.876. The van der Waals surface area contributed by atoms with E-state index < -0.39 is 5.97 Å². The molecule has 1 heterocycles. The first-order valence-electron chi connectivity index (χ1n) is 6.53. The first-order chi connectivity index (χ1) is 9.81. The van der Waals surface area contributed by atoms with Gasteiger partial charge in [0.05, 0.1) is 0 Å². The highest BCUT2D eigenvalue weighted by Gasteiger charge is 2.15. The largest absolute Gasteiger partial charge is 0.488 e. The Kier molecular flexibility index (Phi) is 4.42. The molecule has 2 rings (SSSR count). The second kappa shape index (κ2) is 5.93. The third kappa shape index (κ3) is 3.13. The minimum Gasteiger partial charge on any atom is -0.488 e. The summed E-state index contributed by atoms with van der Waals surface area (Å²) >= 11 is 3.52. The number of ether oxygens (including phenoxy) is 1. The molecule has 1 aromatic carbocycles. The molecule has 0 fully saturated rings. The van der Waals surface area contributed by atoms with Gasteiger partial charge in [0.1, 0.15) is 18.1 Å². The zero-order chi connectivity index (χ0) is 15.7. The summed E-state index contributed by atoms with van der Waals surface area (Å²) in [5.74, 6) is 0.257. The molecule has 0 radical (unpaired) electrons. The van der Waals surface area contributed by atoms with E-state index in [-0.39, 0.29) is 12.4 Å². The molecule has 0 aliphatic rings. The molecule has 0 spiro atoms. The molecular weight excluding hydrogens is 336 g/mol. The van der Waals surface area contributed by atoms with Crippen LogP contribution in [-0.2, 0) is 6.61 Å². The van der Waals surface area contributed by atoms with Crippen LogP contribution in [0.2, 0.25) is 0 Å². The number of aryl methyl sites for hydroxylation is 2. The van der Waals surface area contributed by atoms with E-state index in [4.69, 9.17) is 14.3 Å². The maximum absolute atomic E-state index is 10.9. The maximum Gasteiger partial charge on any atom is 0.371 e. The topological polar surface area (TPSA) is 59.7 Å². The zero-order valence-corrected chi connectivity index (χ0v) is 14.0. The van der Waals surface area contributed by atoms with Gasteiger partial charge in [-0.25, -0.2) is 4.79 Å². The average molecular weight is 353 g/mol. The highest BCUT2D eigenvalue weighted by Crippen LogP contribution is 2.32. The van der Waals surface area contributed by atoms with E-state index in [0.29, 0.717) is 5.76 Å². The zero-order valence-electron chi connectivity index (χ0n) is 12.4. The molecule has 4 nitrogen and oxygen atoms in total. The van der Waals surface area contributed by atoms with Crippen molar-refractivity contribution in [3.63, 3.8) is 0 Å². The molecule has 0 amide bonds. The number of benzene rings is 1. The number of halogens is 1. The summed E-state index contributed by atoms with van der Waals surface area (Å²) in [4.78, 5) is 10.9. The van der Waals surface area contributed by atoms with Crippen LogP contribution in [0.1, 0.15) is 38.6 Å². The molecule has 1 N–H and O–H groups in total. The SMILES string of the molecule is Cc1cc(Br)c(C)c(C)c1OCc1cc(C(=O)O)oc1C. The Hall–Kier alpha value is -1.75. The number of carboxylic acid groups (broad SMARTS) is 1. The van der Waals surface area contributed by atoms with Gasteiger partial charge in [0, 0.05) is 10.0 Å². The predicted molar refractivity (Wildman–Crippen MR) is 83.1 cm³/mol. The van der Waals surface area contributed by atoms with E-state index in [1.807, 2.05) is 26.8 Å². The van der Waals surface area contributed by atoms with E-state index in [1.54, 1.807) is 6.92 Å². The van der Waals surface area contributed by atoms with Gasteiger partial charge in [0.15, 0.2) is 0 Å². The van der Waals surface area contributed by atoms with Crippen molar-refractivity contribution in [1.82, 2.24) is 0 Å². The lowest BCUT2D eigenvalue weighted by Gasteiger charge is -2.15. The Labute approximate surface area is 131 Å². The molecule has 21 heavy (non-hydrogen) atoms. The summed E-state index contributed by atoms with van der Waals surface area (Å²) in [6.07, 6.45) is 0. The second-order valence-corrected chi connectivity index (χ2v) is 5.89. The Bertz CT molecular complexity index is 701. The van der Waals surface area contributed by atoms with Gasteiger partial charge < -0.3 is 14.3 Å². The van der Waals surface area contributed by atoms with Gasteiger partial charge in [-0.1, -0.05) is 15.9 Å². The van der Waals surface area contributed by atoms with Crippen molar-refractivity contribution >= 4 is 21.9 Å². The summed E-state index contributed by atoms with van der Waals surface area (Å²) in [5, 5.41) is 8.92. The van der Waals surface area contributed by atoms with E-state index in [9.17, 15) is 4.79 Å². The van der Waals surface area contributed by atoms with Crippen LogP contribution >= 0.6 is 15.9 Å². The van der Waals surface area contributed by atoms with E-state index in [0.717, 1.165) is 32.5 Å². The van der Waals surface area contributed by atoms with Crippen molar-refractivity contribution in [2.75, 3.05) is 0 Å². The number of carbonyl (C=O) groups is 1. The van der Waals surface area contributed by atoms with Crippen LogP contribution in [0.5, 0.6) is 5.75 Å². The fourth-order valence-corrected chi connectivity index (χ4v) is 2.79. The molecule has 112 valence electrons. The number of hydrogen-bond acceptors (Lipinski definition) is 3. The van der Waals surface area contributed by atoms with Gasteiger partial charge in [0.25, 0.3) is 0 Å². The second-order valence-electron chi connectivity index (χ2n) is 5.04. The number of carboxylic acids is 1. The van der Waals surface area contributed by atoms with Crippen molar-refractivity contribution in [2.24, 2.45) is 0 Å². The van der Waals surface area contributed by atoms with E-state index in [2.05, 4.69) is 15.9 Å². The lowest BCUT2D eigenvalue weighted by atomic mass is 10.1. The lowest BCUT2D eigenvalue weighted by Crippen LogP contribution is -2.01. The normalized spacial score (nSPS) is 10.7. The van der Waals surface area contributed by atoms with E-state index in [1.165, 1.54) is 6.07 Å². The number of hydrogen-bond donors (Lipinski definition) is 1. The minimum absolute atomic E-state index is 0.0634. The van der Waals surface area contributed by atoms with Crippen LogP contribution in [0.15, 0.2) is 21.0 Å². The Balaban J connectivity index is 2.25. The van der Waals surface area contributed by atoms with Crippen molar-refractivity contribution in [3.05, 3.63) is 50.4 Å². The molecule has 0 saturated carbocycles. The molecule has 0 saturated heterocycles. The Morgan fingerprint density at radius 3 is 2.48 bits per heavy atom. The van der Waals surface area contributed by atoms with Gasteiger partial charge in [-0.2, -0.15) is 0 Å². The first kappa shape index (κ1) is 15.6. The maximum atomic E-state index is 10.9. The molecule has 5 heteroatoms. The van der Waals surface area contributed by atoms with Gasteiger partial charge in [-0.05, 0) is 56.5 Å². The molecule has 0 aliphatic carbocycles. The highest BCUT2D eigenvalue weighted by atomic mass is 79.9. The summed E-state index contributed by atoms with van der Waals surface area (Å²) in [7, 11) is 0. The van der Waals surface area contributed by atoms with Crippen LogP contribution in [0, 0.1) is 27.7 Å². The third-order valence-corrected chi connectivity index (χ3v) is 4.39. The molecule has 1 aromatic heterocycles. The highest BCUT2D eigenvalue weighted by molar-refractivity contribution is 9.10. The van der Waals surface area contributed by atoms with Crippen LogP contribution in [0.4, 0.5) is 0 Å². The van der Waals surface area contributed by atoms with Crippen molar-refractivity contribution < 1.29 is 19.1 Å². The molecule has 0 aliphatic heterocycles. The smallest absolute Gasteiger partial charge is 0.371 e. The van der Waals surface area contributed by atoms with Crippen molar-refractivity contribution in [1.29, 1.82) is 0 Å². The number of rotatable bonds is 4. The summed E-state index contributed by atoms with van der Waals surface area (Å²) < 4.78 is 12.1. The molecule has 0 bridgehead atoms. The van der Waals surface area contributed by atoms with Crippen LogP contribution in [0.3, 0.4) is 0 Å². The Morgan fingerprint density at radius 1 is 1.24 bits per heavy atom. The van der Waals surface area contributed by atoms with Crippen LogP contribution in [0.25, 0.3) is 0 Å². The molecule has 0 unspecified atom stereocenters. The van der Waals surface area contributed by atoms with Crippen molar-refractivity contribution in [3.8, 4) is 5.75 Å². The van der Waals surface area contributed by atoms with Crippen molar-refractivity contribution in [2.45, 2.75) is 34.3 Å². The molecule has 2 aromatic rings. The predicted octanol–water partition coefficient (Wildman–Crippen LogP) is 4.55. The van der Waals surface area contributed by atoms with Gasteiger partial charge in [-0.3, -0.25) is 0 Å². The van der Waals surface area contributed by atoms with Crippen LogP contribution < -0.4 is 4.74 Å². The van der Waals surface area contributed by atoms with Gasteiger partial charge in [0.2, 0.25) is 5.76 Å². The number of aromatic carboxylic acids is 1. The fourth-order valence-electron chi connectivity index (χ4n) is 2.15. The number of furan rings is 1. The average Bonchev–Trinajstić information content (AvgIpc) is 2.78. The lowest BCUT2D eigenvalue weighted by molar-refractivity contribution is 0.0661. The molecule has 0 atom stereocenters. The summed E-state index contributed by atoms with van der Waals surface area (Å²) in [5.41, 5.74) is 3.98. The third-order valence-electron chi connectivity index (χ3n) is 3.57. The summed E-state index contributed by atoms with van der Waals surface area (Å²) in [6, 6.07) is 3.52. The first-order valence-corrected chi connectivity index (χ1v) is 7.32. The fraction of sp³-hybridized carbons (Fsp3) is 0.312. The Morgan fingerprint density at radius 2 is 1.90 bits per heavy atom. The molecular formula is C16H17BrO4. The van der Waals surface area contributed by atoms with Gasteiger partial charge >= 0.3 is 5.97 Å². The minimum atomic E-state index is -1.07. The van der Waals surface area contributed by atoms with E-state index >= 15 is 0 Å². The summed E-state index contributed by atoms with van der Waals surface area (Å²) in [6.45, 7) is 8.03. The van der Waals surface area contributed by atoms with Crippen LogP contribution in [-0.4, -0.2) is 11.1 Å². The standard InChI is InChI=1S/C16H17BrO4/c1-8-5-13(17)9(2)10(3)15(8)20-7-12-6-14(16(18)19)21-11(12)4/h5-6H,7H2,1-4H3,(H,18,19).